The highest BCUT2D eigenvalue weighted by Crippen LogP contribution is 2.52. The van der Waals surface area contributed by atoms with E-state index < -0.39 is 5.60 Å². The highest BCUT2D eigenvalue weighted by atomic mass is 32.2. The second kappa shape index (κ2) is 6.44. The molecule has 2 fully saturated rings. The van der Waals surface area contributed by atoms with Crippen molar-refractivity contribution in [3.63, 3.8) is 0 Å². The van der Waals surface area contributed by atoms with E-state index in [2.05, 4.69) is 11.9 Å². The zero-order valence-electron chi connectivity index (χ0n) is 14.8. The molecule has 25 heavy (non-hydrogen) atoms. The topological polar surface area (TPSA) is 59.4 Å². The molecule has 5 atom stereocenters. The third-order valence-electron chi connectivity index (χ3n) is 6.25. The van der Waals surface area contributed by atoms with Gasteiger partial charge in [-0.15, -0.1) is 11.8 Å². The predicted molar refractivity (Wildman–Crippen MR) is 97.1 cm³/mol. The van der Waals surface area contributed by atoms with Gasteiger partial charge in [0.2, 0.25) is 0 Å². The van der Waals surface area contributed by atoms with Crippen molar-refractivity contribution >= 4 is 17.7 Å². The average molecular weight is 359 g/mol. The van der Waals surface area contributed by atoms with Gasteiger partial charge >= 0.3 is 5.97 Å². The number of hydrogen-bond donors (Lipinski definition) is 1. The number of rotatable bonds is 3. The van der Waals surface area contributed by atoms with Gasteiger partial charge in [-0.05, 0) is 51.7 Å². The lowest BCUT2D eigenvalue weighted by Gasteiger charge is -2.32. The van der Waals surface area contributed by atoms with E-state index in [1.165, 1.54) is 11.1 Å². The third-order valence-corrected chi connectivity index (χ3v) is 7.38. The number of esters is 1. The molecule has 3 aliphatic rings. The van der Waals surface area contributed by atoms with E-state index in [4.69, 9.17) is 4.74 Å². The molecular weight excluding hydrogens is 334 g/mol. The van der Waals surface area contributed by atoms with Gasteiger partial charge in [-0.25, -0.2) is 0 Å². The van der Waals surface area contributed by atoms with Gasteiger partial charge < -0.3 is 9.84 Å². The van der Waals surface area contributed by atoms with Crippen LogP contribution in [0.25, 0.3) is 0 Å². The summed E-state index contributed by atoms with van der Waals surface area (Å²) in [6.45, 7) is 4.10. The number of pyridine rings is 1. The van der Waals surface area contributed by atoms with Gasteiger partial charge in [-0.3, -0.25) is 9.78 Å². The molecule has 1 aromatic heterocycles. The summed E-state index contributed by atoms with van der Waals surface area (Å²) < 4.78 is 5.89. The van der Waals surface area contributed by atoms with Crippen LogP contribution in [0.3, 0.4) is 0 Å². The summed E-state index contributed by atoms with van der Waals surface area (Å²) in [7, 11) is 0. The second-order valence-electron chi connectivity index (χ2n) is 7.84. The number of fused-ring (bicyclic) bond motifs is 3. The molecule has 2 heterocycles. The van der Waals surface area contributed by atoms with Gasteiger partial charge in [0.05, 0.1) is 11.5 Å². The van der Waals surface area contributed by atoms with E-state index in [1.54, 1.807) is 24.2 Å². The van der Waals surface area contributed by atoms with Crippen LogP contribution < -0.4 is 0 Å². The van der Waals surface area contributed by atoms with Crippen molar-refractivity contribution in [1.82, 2.24) is 4.98 Å². The number of thioether (sulfide) groups is 1. The molecule has 1 saturated heterocycles. The van der Waals surface area contributed by atoms with Gasteiger partial charge in [0, 0.05) is 34.9 Å². The van der Waals surface area contributed by atoms with Crippen LogP contribution in [0.5, 0.6) is 0 Å². The minimum atomic E-state index is -0.767. The zero-order valence-corrected chi connectivity index (χ0v) is 15.6. The Hall–Kier alpha value is -1.33. The molecule has 0 aromatic carbocycles. The minimum Gasteiger partial charge on any atom is -0.461 e. The molecule has 134 valence electrons. The Bertz CT molecular complexity index is 700. The van der Waals surface area contributed by atoms with Crippen molar-refractivity contribution in [1.29, 1.82) is 0 Å². The molecule has 0 unspecified atom stereocenters. The maximum Gasteiger partial charge on any atom is 0.310 e. The first kappa shape index (κ1) is 17.1. The van der Waals surface area contributed by atoms with Gasteiger partial charge in [-0.1, -0.05) is 11.1 Å². The third kappa shape index (κ3) is 3.02. The Kier molecular flexibility index (Phi) is 4.40. The second-order valence-corrected chi connectivity index (χ2v) is 8.94. The summed E-state index contributed by atoms with van der Waals surface area (Å²) in [6, 6.07) is 3.95. The van der Waals surface area contributed by atoms with Crippen molar-refractivity contribution in [2.75, 3.05) is 5.75 Å². The number of aromatic nitrogens is 1. The Morgan fingerprint density at radius 3 is 2.88 bits per heavy atom. The number of nitrogens with zero attached hydrogens (tertiary/aromatic N) is 1. The Balaban J connectivity index is 1.56. The molecule has 0 radical (unpaired) electrons. The van der Waals surface area contributed by atoms with Crippen LogP contribution in [0, 0.1) is 17.8 Å². The van der Waals surface area contributed by atoms with Crippen LogP contribution in [-0.4, -0.2) is 33.5 Å². The van der Waals surface area contributed by atoms with Crippen molar-refractivity contribution in [3.8, 4) is 0 Å². The molecule has 0 amide bonds. The van der Waals surface area contributed by atoms with Crippen LogP contribution in [0.15, 0.2) is 40.6 Å². The maximum atomic E-state index is 12.6. The predicted octanol–water partition coefficient (Wildman–Crippen LogP) is 3.60. The SMILES string of the molecule is CC1=C2CC[C@@](C)(O)[C@@H]2[C@H]2OC(=O)[C@@H](CSc3ccncc3)[C@@H]2CC1. The number of carbonyl (C=O) groups excluding carboxylic acids is 1. The Morgan fingerprint density at radius 2 is 2.12 bits per heavy atom. The van der Waals surface area contributed by atoms with E-state index in [9.17, 15) is 9.90 Å². The lowest BCUT2D eigenvalue weighted by molar-refractivity contribution is -0.147. The monoisotopic (exact) mass is 359 g/mol. The molecule has 1 saturated carbocycles. The summed E-state index contributed by atoms with van der Waals surface area (Å²) in [5.41, 5.74) is 1.97. The van der Waals surface area contributed by atoms with Crippen LogP contribution in [0.1, 0.15) is 39.5 Å². The fraction of sp³-hybridized carbons (Fsp3) is 0.600. The summed E-state index contributed by atoms with van der Waals surface area (Å²) >= 11 is 1.69. The minimum absolute atomic E-state index is 0.0279. The van der Waals surface area contributed by atoms with Crippen LogP contribution in [-0.2, 0) is 9.53 Å². The summed E-state index contributed by atoms with van der Waals surface area (Å²) in [6.07, 6.45) is 7.07. The van der Waals surface area contributed by atoms with Crippen molar-refractivity contribution in [3.05, 3.63) is 35.7 Å². The quantitative estimate of drug-likeness (QED) is 0.508. The summed E-state index contributed by atoms with van der Waals surface area (Å²) in [5, 5.41) is 10.9. The number of hydrogen-bond acceptors (Lipinski definition) is 5. The average Bonchev–Trinajstić information content (AvgIpc) is 3.02. The standard InChI is InChI=1S/C20H25NO3S/c1-12-3-4-15-16(11-25-13-6-9-21-10-7-13)19(22)24-18(15)17-14(12)5-8-20(17,2)23/h6-7,9-10,15-18,23H,3-5,8,11H2,1-2H3/t15-,16-,17-,18-,20+/m0/s1. The molecule has 0 bridgehead atoms. The van der Waals surface area contributed by atoms with Gasteiger partial charge in [0.15, 0.2) is 0 Å². The van der Waals surface area contributed by atoms with Crippen molar-refractivity contribution in [2.24, 2.45) is 17.8 Å². The number of allylic oxidation sites excluding steroid dienone is 1. The highest BCUT2D eigenvalue weighted by molar-refractivity contribution is 7.99. The first-order valence-electron chi connectivity index (χ1n) is 9.11. The molecule has 2 aliphatic carbocycles. The smallest absolute Gasteiger partial charge is 0.310 e. The van der Waals surface area contributed by atoms with E-state index in [-0.39, 0.29) is 29.8 Å². The number of carbonyl (C=O) groups is 1. The Morgan fingerprint density at radius 1 is 1.36 bits per heavy atom. The molecule has 0 spiro atoms. The lowest BCUT2D eigenvalue weighted by atomic mass is 9.78. The van der Waals surface area contributed by atoms with Crippen LogP contribution in [0.4, 0.5) is 0 Å². The fourth-order valence-corrected chi connectivity index (χ4v) is 5.92. The molecule has 4 rings (SSSR count). The van der Waals surface area contributed by atoms with E-state index in [0.717, 1.165) is 36.3 Å². The van der Waals surface area contributed by atoms with Gasteiger partial charge in [-0.2, -0.15) is 0 Å². The van der Waals surface area contributed by atoms with Gasteiger partial charge in [0.1, 0.15) is 6.10 Å². The molecular formula is C20H25NO3S. The lowest BCUT2D eigenvalue weighted by Crippen LogP contribution is -2.41. The maximum absolute atomic E-state index is 12.6. The van der Waals surface area contributed by atoms with E-state index in [1.807, 2.05) is 19.1 Å². The zero-order chi connectivity index (χ0) is 17.6. The van der Waals surface area contributed by atoms with Crippen LogP contribution >= 0.6 is 11.8 Å². The van der Waals surface area contributed by atoms with Crippen molar-refractivity contribution in [2.45, 2.75) is 56.1 Å². The van der Waals surface area contributed by atoms with E-state index >= 15 is 0 Å². The molecule has 1 aliphatic heterocycles. The van der Waals surface area contributed by atoms with Gasteiger partial charge in [0.25, 0.3) is 0 Å². The molecule has 5 heteroatoms. The normalized spacial score (nSPS) is 37.5. The molecule has 1 aromatic rings. The fourth-order valence-electron chi connectivity index (χ4n) is 4.85. The molecule has 1 N–H and O–H groups in total. The first-order valence-corrected chi connectivity index (χ1v) is 10.1. The number of ether oxygens (including phenoxy) is 1. The van der Waals surface area contributed by atoms with E-state index in [0.29, 0.717) is 0 Å². The highest BCUT2D eigenvalue weighted by Gasteiger charge is 2.56. The largest absolute Gasteiger partial charge is 0.461 e. The Labute approximate surface area is 153 Å². The summed E-state index contributed by atoms with van der Waals surface area (Å²) in [5.74, 6) is 0.724. The molecule has 4 nitrogen and oxygen atoms in total. The first-order chi connectivity index (χ1) is 12.0. The van der Waals surface area contributed by atoms with Crippen LogP contribution in [0.2, 0.25) is 0 Å². The summed E-state index contributed by atoms with van der Waals surface area (Å²) in [4.78, 5) is 17.8. The number of aliphatic hydroxyl groups is 1. The van der Waals surface area contributed by atoms with Crippen molar-refractivity contribution < 1.29 is 14.6 Å².